The summed E-state index contributed by atoms with van der Waals surface area (Å²) in [5.74, 6) is 0.695. The van der Waals surface area contributed by atoms with Crippen LogP contribution in [0.2, 0.25) is 0 Å². The first-order chi connectivity index (χ1) is 10.2. The molecule has 2 heterocycles. The second-order valence-electron chi connectivity index (χ2n) is 4.71. The average molecular weight is 285 g/mol. The van der Waals surface area contributed by atoms with Gasteiger partial charge in [0.15, 0.2) is 0 Å². The summed E-state index contributed by atoms with van der Waals surface area (Å²) >= 11 is 0. The molecular formula is C15H19N5O. The molecule has 6 heteroatoms. The van der Waals surface area contributed by atoms with Crippen LogP contribution in [0.4, 0.5) is 5.82 Å². The van der Waals surface area contributed by atoms with E-state index >= 15 is 0 Å². The lowest BCUT2D eigenvalue weighted by molar-refractivity contribution is 0.0953. The number of amides is 1. The first kappa shape index (κ1) is 14.9. The highest BCUT2D eigenvalue weighted by Gasteiger charge is 2.08. The number of anilines is 1. The number of nitrogens with one attached hydrogen (secondary N) is 1. The minimum atomic E-state index is -0.0903. The van der Waals surface area contributed by atoms with Gasteiger partial charge in [-0.1, -0.05) is 6.92 Å². The zero-order valence-electron chi connectivity index (χ0n) is 12.3. The molecule has 0 saturated carbocycles. The zero-order valence-corrected chi connectivity index (χ0v) is 12.3. The zero-order chi connectivity index (χ0) is 15.1. The van der Waals surface area contributed by atoms with E-state index in [4.69, 9.17) is 0 Å². The molecule has 0 saturated heterocycles. The SMILES string of the molecule is CCCNC(=O)c1ccc(N(C)Cc2cnccn2)nc1. The predicted molar refractivity (Wildman–Crippen MR) is 81.0 cm³/mol. The quantitative estimate of drug-likeness (QED) is 0.873. The van der Waals surface area contributed by atoms with Crippen molar-refractivity contribution in [3.05, 3.63) is 48.2 Å². The van der Waals surface area contributed by atoms with Gasteiger partial charge in [0.2, 0.25) is 0 Å². The summed E-state index contributed by atoms with van der Waals surface area (Å²) in [5, 5.41) is 2.83. The number of carbonyl (C=O) groups excluding carboxylic acids is 1. The predicted octanol–water partition coefficient (Wildman–Crippen LogP) is 1.65. The summed E-state index contributed by atoms with van der Waals surface area (Å²) in [6.07, 6.45) is 7.54. The molecule has 0 aliphatic rings. The van der Waals surface area contributed by atoms with Gasteiger partial charge in [-0.2, -0.15) is 0 Å². The average Bonchev–Trinajstić information content (AvgIpc) is 2.53. The molecule has 0 bridgehead atoms. The van der Waals surface area contributed by atoms with Gasteiger partial charge in [0.1, 0.15) is 5.82 Å². The van der Waals surface area contributed by atoms with Crippen LogP contribution in [0.25, 0.3) is 0 Å². The van der Waals surface area contributed by atoms with Crippen LogP contribution in [-0.2, 0) is 6.54 Å². The number of nitrogens with zero attached hydrogens (tertiary/aromatic N) is 4. The van der Waals surface area contributed by atoms with Gasteiger partial charge in [-0.25, -0.2) is 4.98 Å². The van der Waals surface area contributed by atoms with Gasteiger partial charge in [-0.15, -0.1) is 0 Å². The molecule has 1 amide bonds. The van der Waals surface area contributed by atoms with Crippen LogP contribution in [0.3, 0.4) is 0 Å². The van der Waals surface area contributed by atoms with Gasteiger partial charge in [-0.05, 0) is 18.6 Å². The van der Waals surface area contributed by atoms with Gasteiger partial charge in [0.05, 0.1) is 24.0 Å². The normalized spacial score (nSPS) is 10.2. The number of hydrogen-bond donors (Lipinski definition) is 1. The molecule has 0 fully saturated rings. The second-order valence-corrected chi connectivity index (χ2v) is 4.71. The van der Waals surface area contributed by atoms with Crippen molar-refractivity contribution in [1.29, 1.82) is 0 Å². The lowest BCUT2D eigenvalue weighted by Gasteiger charge is -2.17. The van der Waals surface area contributed by atoms with E-state index in [2.05, 4.69) is 20.3 Å². The van der Waals surface area contributed by atoms with E-state index < -0.39 is 0 Å². The number of rotatable bonds is 6. The molecule has 0 aliphatic carbocycles. The molecule has 0 unspecified atom stereocenters. The van der Waals surface area contributed by atoms with Crippen molar-refractivity contribution in [2.75, 3.05) is 18.5 Å². The third-order valence-corrected chi connectivity index (χ3v) is 2.95. The Hall–Kier alpha value is -2.50. The van der Waals surface area contributed by atoms with Gasteiger partial charge in [-0.3, -0.25) is 14.8 Å². The highest BCUT2D eigenvalue weighted by Crippen LogP contribution is 2.12. The van der Waals surface area contributed by atoms with E-state index in [0.29, 0.717) is 18.7 Å². The van der Waals surface area contributed by atoms with Crippen molar-refractivity contribution >= 4 is 11.7 Å². The summed E-state index contributed by atoms with van der Waals surface area (Å²) in [5.41, 5.74) is 1.44. The Morgan fingerprint density at radius 3 is 2.71 bits per heavy atom. The van der Waals surface area contributed by atoms with Gasteiger partial charge >= 0.3 is 0 Å². The maximum atomic E-state index is 11.8. The van der Waals surface area contributed by atoms with Crippen molar-refractivity contribution in [1.82, 2.24) is 20.3 Å². The van der Waals surface area contributed by atoms with Crippen molar-refractivity contribution < 1.29 is 4.79 Å². The maximum absolute atomic E-state index is 11.8. The van der Waals surface area contributed by atoms with Crippen LogP contribution in [0, 0.1) is 0 Å². The van der Waals surface area contributed by atoms with E-state index in [1.807, 2.05) is 24.9 Å². The Kier molecular flexibility index (Phi) is 5.20. The minimum Gasteiger partial charge on any atom is -0.354 e. The number of carbonyl (C=O) groups is 1. The molecule has 0 atom stereocenters. The Bertz CT molecular complexity index is 570. The fraction of sp³-hybridized carbons (Fsp3) is 0.333. The van der Waals surface area contributed by atoms with Crippen LogP contribution in [0.15, 0.2) is 36.9 Å². The summed E-state index contributed by atoms with van der Waals surface area (Å²) in [4.78, 5) is 26.3. The van der Waals surface area contributed by atoms with Crippen LogP contribution in [0.5, 0.6) is 0 Å². The maximum Gasteiger partial charge on any atom is 0.252 e. The lowest BCUT2D eigenvalue weighted by atomic mass is 10.2. The van der Waals surface area contributed by atoms with E-state index in [9.17, 15) is 4.79 Å². The molecule has 2 aromatic heterocycles. The van der Waals surface area contributed by atoms with Crippen LogP contribution >= 0.6 is 0 Å². The first-order valence-electron chi connectivity index (χ1n) is 6.91. The standard InChI is InChI=1S/C15H19N5O/c1-3-6-18-15(21)12-4-5-14(19-9-12)20(2)11-13-10-16-7-8-17-13/h4-5,7-10H,3,6,11H2,1-2H3,(H,18,21). The Balaban J connectivity index is 1.99. The molecule has 2 aromatic rings. The summed E-state index contributed by atoms with van der Waals surface area (Å²) in [6.45, 7) is 3.30. The third-order valence-electron chi connectivity index (χ3n) is 2.95. The summed E-state index contributed by atoms with van der Waals surface area (Å²) < 4.78 is 0. The van der Waals surface area contributed by atoms with Crippen LogP contribution < -0.4 is 10.2 Å². The fourth-order valence-electron chi connectivity index (χ4n) is 1.82. The molecule has 0 aliphatic heterocycles. The van der Waals surface area contributed by atoms with E-state index in [-0.39, 0.29) is 5.91 Å². The monoisotopic (exact) mass is 285 g/mol. The van der Waals surface area contributed by atoms with Crippen molar-refractivity contribution in [2.24, 2.45) is 0 Å². The van der Waals surface area contributed by atoms with Crippen LogP contribution in [-0.4, -0.2) is 34.5 Å². The van der Waals surface area contributed by atoms with Crippen molar-refractivity contribution in [3.8, 4) is 0 Å². The fourth-order valence-corrected chi connectivity index (χ4v) is 1.82. The molecule has 0 aromatic carbocycles. The van der Waals surface area contributed by atoms with Crippen molar-refractivity contribution in [3.63, 3.8) is 0 Å². The topological polar surface area (TPSA) is 71.0 Å². The third kappa shape index (κ3) is 4.24. The number of aromatic nitrogens is 3. The van der Waals surface area contributed by atoms with Crippen molar-refractivity contribution in [2.45, 2.75) is 19.9 Å². The Morgan fingerprint density at radius 2 is 2.10 bits per heavy atom. The minimum absolute atomic E-state index is 0.0903. The van der Waals surface area contributed by atoms with Crippen LogP contribution in [0.1, 0.15) is 29.4 Å². The first-order valence-corrected chi connectivity index (χ1v) is 6.91. The Morgan fingerprint density at radius 1 is 1.24 bits per heavy atom. The molecule has 0 spiro atoms. The molecule has 2 rings (SSSR count). The summed E-state index contributed by atoms with van der Waals surface area (Å²) in [6, 6.07) is 3.61. The largest absolute Gasteiger partial charge is 0.354 e. The lowest BCUT2D eigenvalue weighted by Crippen LogP contribution is -2.24. The molecule has 21 heavy (non-hydrogen) atoms. The molecule has 1 N–H and O–H groups in total. The van der Waals surface area contributed by atoms with Gasteiger partial charge in [0.25, 0.3) is 5.91 Å². The molecular weight excluding hydrogens is 266 g/mol. The van der Waals surface area contributed by atoms with Gasteiger partial charge < -0.3 is 10.2 Å². The number of hydrogen-bond acceptors (Lipinski definition) is 5. The molecule has 0 radical (unpaired) electrons. The molecule has 110 valence electrons. The Labute approximate surface area is 124 Å². The smallest absolute Gasteiger partial charge is 0.252 e. The summed E-state index contributed by atoms with van der Waals surface area (Å²) in [7, 11) is 1.92. The van der Waals surface area contributed by atoms with Gasteiger partial charge in [0, 0.05) is 32.2 Å². The molecule has 6 nitrogen and oxygen atoms in total. The van der Waals surface area contributed by atoms with E-state index in [1.165, 1.54) is 0 Å². The second kappa shape index (κ2) is 7.33. The highest BCUT2D eigenvalue weighted by molar-refractivity contribution is 5.94. The highest BCUT2D eigenvalue weighted by atomic mass is 16.1. The van der Waals surface area contributed by atoms with E-state index in [0.717, 1.165) is 17.9 Å². The number of pyridine rings is 1. The van der Waals surface area contributed by atoms with E-state index in [1.54, 1.807) is 30.9 Å².